The summed E-state index contributed by atoms with van der Waals surface area (Å²) in [5.74, 6) is 0.677. The molecule has 0 saturated carbocycles. The smallest absolute Gasteiger partial charge is 0.248 e. The SMILES string of the molecule is CCCCN1C(=O)C(C(O)C(C)C)NC(=O)C12CCN(Cc1ccc(Oc3ccc[n+]([O-])c3)cc1)CC2. The van der Waals surface area contributed by atoms with Crippen molar-refractivity contribution in [1.29, 1.82) is 0 Å². The minimum Gasteiger partial charge on any atom is -0.619 e. The zero-order valence-electron chi connectivity index (χ0n) is 21.9. The van der Waals surface area contributed by atoms with E-state index in [0.29, 0.717) is 48.7 Å². The Balaban J connectivity index is 1.40. The van der Waals surface area contributed by atoms with Crippen LogP contribution < -0.4 is 14.8 Å². The van der Waals surface area contributed by atoms with Gasteiger partial charge in [-0.2, -0.15) is 4.73 Å². The highest BCUT2D eigenvalue weighted by Gasteiger charge is 2.54. The van der Waals surface area contributed by atoms with Crippen LogP contribution in [0.3, 0.4) is 0 Å². The lowest BCUT2D eigenvalue weighted by Crippen LogP contribution is -2.74. The highest BCUT2D eigenvalue weighted by molar-refractivity contribution is 6.00. The van der Waals surface area contributed by atoms with Crippen molar-refractivity contribution in [3.05, 3.63) is 59.6 Å². The van der Waals surface area contributed by atoms with Crippen molar-refractivity contribution in [2.75, 3.05) is 19.6 Å². The van der Waals surface area contributed by atoms with Gasteiger partial charge in [0.2, 0.25) is 18.0 Å². The zero-order valence-corrected chi connectivity index (χ0v) is 21.9. The molecule has 2 amide bonds. The van der Waals surface area contributed by atoms with Crippen LogP contribution in [-0.2, 0) is 16.1 Å². The molecule has 9 heteroatoms. The van der Waals surface area contributed by atoms with E-state index in [1.54, 1.807) is 17.0 Å². The molecule has 1 aromatic heterocycles. The summed E-state index contributed by atoms with van der Waals surface area (Å²) >= 11 is 0. The van der Waals surface area contributed by atoms with Crippen LogP contribution in [0.15, 0.2) is 48.8 Å². The Morgan fingerprint density at radius 1 is 1.16 bits per heavy atom. The molecular weight excluding hydrogens is 472 g/mol. The molecule has 37 heavy (non-hydrogen) atoms. The number of nitrogens with zero attached hydrogens (tertiary/aromatic N) is 3. The van der Waals surface area contributed by atoms with Gasteiger partial charge in [-0.25, -0.2) is 0 Å². The van der Waals surface area contributed by atoms with Crippen LogP contribution in [0.5, 0.6) is 11.5 Å². The van der Waals surface area contributed by atoms with E-state index in [1.807, 2.05) is 38.1 Å². The Kier molecular flexibility index (Phi) is 8.34. The number of carbonyl (C=O) groups excluding carboxylic acids is 2. The van der Waals surface area contributed by atoms with Crippen LogP contribution in [0.1, 0.15) is 52.0 Å². The number of aliphatic hydroxyl groups excluding tert-OH is 1. The van der Waals surface area contributed by atoms with Crippen molar-refractivity contribution < 1.29 is 24.2 Å². The summed E-state index contributed by atoms with van der Waals surface area (Å²) in [4.78, 5) is 31.0. The summed E-state index contributed by atoms with van der Waals surface area (Å²) in [7, 11) is 0. The third-order valence-electron chi connectivity index (χ3n) is 7.51. The fourth-order valence-corrected chi connectivity index (χ4v) is 5.23. The number of unbranched alkanes of at least 4 members (excludes halogenated alkanes) is 1. The van der Waals surface area contributed by atoms with Crippen LogP contribution >= 0.6 is 0 Å². The van der Waals surface area contributed by atoms with Crippen LogP contribution in [0.4, 0.5) is 0 Å². The fraction of sp³-hybridized carbons (Fsp3) is 0.536. The maximum atomic E-state index is 13.5. The first kappa shape index (κ1) is 26.9. The van der Waals surface area contributed by atoms with Crippen LogP contribution in [0.25, 0.3) is 0 Å². The number of hydrogen-bond acceptors (Lipinski definition) is 6. The van der Waals surface area contributed by atoms with Gasteiger partial charge < -0.3 is 25.3 Å². The quantitative estimate of drug-likeness (QED) is 0.397. The van der Waals surface area contributed by atoms with Gasteiger partial charge >= 0.3 is 0 Å². The predicted molar refractivity (Wildman–Crippen MR) is 139 cm³/mol. The van der Waals surface area contributed by atoms with E-state index >= 15 is 0 Å². The van der Waals surface area contributed by atoms with E-state index in [2.05, 4.69) is 17.1 Å². The molecule has 2 fully saturated rings. The Hall–Kier alpha value is -3.17. The molecule has 9 nitrogen and oxygen atoms in total. The molecule has 2 atom stereocenters. The van der Waals surface area contributed by atoms with Gasteiger partial charge in [-0.15, -0.1) is 0 Å². The predicted octanol–water partition coefficient (Wildman–Crippen LogP) is 2.59. The molecule has 200 valence electrons. The summed E-state index contributed by atoms with van der Waals surface area (Å²) < 4.78 is 6.45. The van der Waals surface area contributed by atoms with Crippen molar-refractivity contribution in [3.63, 3.8) is 0 Å². The number of rotatable bonds is 9. The maximum Gasteiger partial charge on any atom is 0.248 e. The normalized spacial score (nSPS) is 20.8. The summed E-state index contributed by atoms with van der Waals surface area (Å²) in [6.07, 6.45) is 4.73. The number of nitrogens with one attached hydrogen (secondary N) is 1. The number of ether oxygens (including phenoxy) is 1. The number of hydrogen-bond donors (Lipinski definition) is 2. The number of carbonyl (C=O) groups is 2. The zero-order chi connectivity index (χ0) is 26.6. The van der Waals surface area contributed by atoms with Crippen molar-refractivity contribution in [1.82, 2.24) is 15.1 Å². The largest absolute Gasteiger partial charge is 0.619 e. The lowest BCUT2D eigenvalue weighted by Gasteiger charge is -2.52. The van der Waals surface area contributed by atoms with Gasteiger partial charge in [0.25, 0.3) is 0 Å². The first-order valence-corrected chi connectivity index (χ1v) is 13.2. The van der Waals surface area contributed by atoms with Gasteiger partial charge in [0.1, 0.15) is 17.3 Å². The third-order valence-corrected chi connectivity index (χ3v) is 7.51. The number of likely N-dealkylation sites (tertiary alicyclic amines) is 1. The molecule has 3 heterocycles. The molecule has 4 rings (SSSR count). The number of amides is 2. The van der Waals surface area contributed by atoms with E-state index in [9.17, 15) is 19.9 Å². The topological polar surface area (TPSA) is 109 Å². The summed E-state index contributed by atoms with van der Waals surface area (Å²) in [6, 6.07) is 10.2. The number of piperidine rings is 1. The lowest BCUT2D eigenvalue weighted by molar-refractivity contribution is -0.605. The van der Waals surface area contributed by atoms with Gasteiger partial charge in [-0.1, -0.05) is 39.3 Å². The Bertz CT molecular complexity index is 1080. The maximum absolute atomic E-state index is 13.5. The van der Waals surface area contributed by atoms with Gasteiger partial charge in [-0.05, 0) is 48.9 Å². The molecule has 2 N–H and O–H groups in total. The van der Waals surface area contributed by atoms with E-state index in [1.165, 1.54) is 12.4 Å². The standard InChI is InChI=1S/C28H38N4O5/c1-4-5-15-32-26(34)24(25(33)20(2)3)29-27(35)28(32)12-16-30(17-13-28)18-21-8-10-22(11-9-21)37-23-7-6-14-31(36)19-23/h6-11,14,19-20,24-25,33H,4-5,12-13,15-18H2,1-3H3,(H,29,35). The Morgan fingerprint density at radius 2 is 1.86 bits per heavy atom. The number of pyridine rings is 1. The van der Waals surface area contributed by atoms with Crippen molar-refractivity contribution >= 4 is 11.8 Å². The molecule has 2 aliphatic heterocycles. The summed E-state index contributed by atoms with van der Waals surface area (Å²) in [5, 5.41) is 24.9. The van der Waals surface area contributed by atoms with E-state index in [4.69, 9.17) is 4.74 Å². The molecule has 0 aliphatic carbocycles. The first-order chi connectivity index (χ1) is 17.7. The molecule has 1 aromatic carbocycles. The summed E-state index contributed by atoms with van der Waals surface area (Å²) in [5.41, 5.74) is 0.254. The monoisotopic (exact) mass is 510 g/mol. The number of piperazine rings is 1. The average Bonchev–Trinajstić information content (AvgIpc) is 2.88. The molecule has 2 saturated heterocycles. The van der Waals surface area contributed by atoms with E-state index < -0.39 is 17.7 Å². The molecule has 1 spiro atoms. The molecule has 2 aromatic rings. The van der Waals surface area contributed by atoms with Gasteiger partial charge in [0.15, 0.2) is 11.9 Å². The molecular formula is C28H38N4O5. The minimum absolute atomic E-state index is 0.134. The highest BCUT2D eigenvalue weighted by Crippen LogP contribution is 2.35. The number of aromatic nitrogens is 1. The summed E-state index contributed by atoms with van der Waals surface area (Å²) in [6.45, 7) is 8.40. The Labute approximate surface area is 218 Å². The number of aliphatic hydroxyl groups is 1. The second kappa shape index (κ2) is 11.5. The van der Waals surface area contributed by atoms with Crippen LogP contribution in [0, 0.1) is 11.1 Å². The molecule has 2 aliphatic rings. The second-order valence-corrected chi connectivity index (χ2v) is 10.5. The lowest BCUT2D eigenvalue weighted by atomic mass is 9.80. The van der Waals surface area contributed by atoms with Crippen molar-refractivity contribution in [2.24, 2.45) is 5.92 Å². The van der Waals surface area contributed by atoms with Crippen molar-refractivity contribution in [3.8, 4) is 11.5 Å². The first-order valence-electron chi connectivity index (χ1n) is 13.2. The van der Waals surface area contributed by atoms with Gasteiger partial charge in [0.05, 0.1) is 6.10 Å². The average molecular weight is 511 g/mol. The van der Waals surface area contributed by atoms with Gasteiger partial charge in [0, 0.05) is 32.2 Å². The second-order valence-electron chi connectivity index (χ2n) is 10.5. The van der Waals surface area contributed by atoms with Crippen LogP contribution in [-0.4, -0.2) is 64.0 Å². The highest BCUT2D eigenvalue weighted by atomic mass is 16.5. The molecule has 2 unspecified atom stereocenters. The molecule has 0 bridgehead atoms. The third kappa shape index (κ3) is 5.88. The Morgan fingerprint density at radius 3 is 2.49 bits per heavy atom. The van der Waals surface area contributed by atoms with E-state index in [-0.39, 0.29) is 17.7 Å². The minimum atomic E-state index is -0.909. The number of benzene rings is 1. The fourth-order valence-electron chi connectivity index (χ4n) is 5.23. The molecule has 0 radical (unpaired) electrons. The van der Waals surface area contributed by atoms with Gasteiger partial charge in [-0.3, -0.25) is 14.5 Å². The van der Waals surface area contributed by atoms with E-state index in [0.717, 1.165) is 24.9 Å². The van der Waals surface area contributed by atoms with Crippen molar-refractivity contribution in [2.45, 2.75) is 70.7 Å². The van der Waals surface area contributed by atoms with Crippen LogP contribution in [0.2, 0.25) is 0 Å².